The van der Waals surface area contributed by atoms with E-state index in [0.717, 1.165) is 6.42 Å². The van der Waals surface area contributed by atoms with Crippen molar-refractivity contribution in [2.45, 2.75) is 38.5 Å². The first-order valence-corrected chi connectivity index (χ1v) is 7.13. The van der Waals surface area contributed by atoms with Crippen LogP contribution in [-0.4, -0.2) is 18.0 Å². The lowest BCUT2D eigenvalue weighted by Crippen LogP contribution is -2.10. The molecule has 1 fully saturated rings. The Kier molecular flexibility index (Phi) is 5.14. The number of hydrogen-bond donors (Lipinski definition) is 0. The lowest BCUT2D eigenvalue weighted by atomic mass is 10.0. The van der Waals surface area contributed by atoms with Crippen molar-refractivity contribution in [1.82, 2.24) is 0 Å². The second kappa shape index (κ2) is 7.06. The van der Waals surface area contributed by atoms with Crippen molar-refractivity contribution in [3.8, 4) is 11.5 Å². The Labute approximate surface area is 123 Å². The monoisotopic (exact) mass is 293 g/mol. The fraction of sp³-hybridized carbons (Fsp3) is 0.533. The number of nitro groups is 1. The smallest absolute Gasteiger partial charge is 0.311 e. The lowest BCUT2D eigenvalue weighted by Gasteiger charge is -2.10. The normalized spacial score (nSPS) is 14.9. The van der Waals surface area contributed by atoms with Crippen LogP contribution in [0.3, 0.4) is 0 Å². The molecule has 2 rings (SSSR count). The van der Waals surface area contributed by atoms with Gasteiger partial charge in [0.15, 0.2) is 11.5 Å². The highest BCUT2D eigenvalue weighted by Gasteiger charge is 2.19. The van der Waals surface area contributed by atoms with E-state index in [1.807, 2.05) is 0 Å². The molecule has 0 amide bonds. The van der Waals surface area contributed by atoms with Crippen molar-refractivity contribution in [2.75, 3.05) is 7.11 Å². The van der Waals surface area contributed by atoms with E-state index in [-0.39, 0.29) is 17.4 Å². The van der Waals surface area contributed by atoms with Gasteiger partial charge in [0, 0.05) is 12.5 Å². The zero-order valence-corrected chi connectivity index (χ0v) is 12.0. The van der Waals surface area contributed by atoms with Crippen molar-refractivity contribution < 1.29 is 19.2 Å². The number of hydrogen-bond acceptors (Lipinski definition) is 5. The molecule has 6 heteroatoms. The quantitative estimate of drug-likeness (QED) is 0.347. The summed E-state index contributed by atoms with van der Waals surface area (Å²) in [5.74, 6) is 0.642. The number of ether oxygens (including phenoxy) is 2. The van der Waals surface area contributed by atoms with E-state index in [4.69, 9.17) is 9.47 Å². The summed E-state index contributed by atoms with van der Waals surface area (Å²) in [4.78, 5) is 22.1. The summed E-state index contributed by atoms with van der Waals surface area (Å²) in [6.45, 7) is 0. The van der Waals surface area contributed by atoms with Crippen molar-refractivity contribution in [1.29, 1.82) is 0 Å². The third-order valence-corrected chi connectivity index (χ3v) is 3.81. The van der Waals surface area contributed by atoms with Gasteiger partial charge in [-0.25, -0.2) is 0 Å². The van der Waals surface area contributed by atoms with E-state index in [1.165, 1.54) is 51.0 Å². The molecule has 0 unspecified atom stereocenters. The van der Waals surface area contributed by atoms with E-state index < -0.39 is 4.92 Å². The van der Waals surface area contributed by atoms with Crippen LogP contribution >= 0.6 is 0 Å². The van der Waals surface area contributed by atoms with Crippen molar-refractivity contribution >= 4 is 11.7 Å². The number of nitro benzene ring substituents is 1. The van der Waals surface area contributed by atoms with Crippen LogP contribution in [0.5, 0.6) is 11.5 Å². The molecule has 114 valence electrons. The number of rotatable bonds is 6. The summed E-state index contributed by atoms with van der Waals surface area (Å²) in [6, 6.07) is 3.96. The Hall–Kier alpha value is -2.11. The minimum absolute atomic E-state index is 0.100. The number of non-ortho nitro benzene ring substituents is 1. The topological polar surface area (TPSA) is 78.7 Å². The molecule has 0 spiro atoms. The Morgan fingerprint density at radius 3 is 2.67 bits per heavy atom. The lowest BCUT2D eigenvalue weighted by molar-refractivity contribution is -0.384. The van der Waals surface area contributed by atoms with Crippen LogP contribution in [0.2, 0.25) is 0 Å². The van der Waals surface area contributed by atoms with Gasteiger partial charge in [-0.15, -0.1) is 0 Å². The van der Waals surface area contributed by atoms with E-state index in [0.29, 0.717) is 18.1 Å². The number of carbonyl (C=O) groups excluding carboxylic acids is 1. The SMILES string of the molecule is COc1ccc([N+](=O)[O-])cc1OC(=O)CCC1CCCC1. The molecule has 6 nitrogen and oxygen atoms in total. The highest BCUT2D eigenvalue weighted by molar-refractivity contribution is 5.73. The van der Waals surface area contributed by atoms with Crippen LogP contribution in [0.25, 0.3) is 0 Å². The number of methoxy groups -OCH3 is 1. The first-order chi connectivity index (χ1) is 10.1. The molecule has 0 heterocycles. The third-order valence-electron chi connectivity index (χ3n) is 3.81. The summed E-state index contributed by atoms with van der Waals surface area (Å²) < 4.78 is 10.3. The van der Waals surface area contributed by atoms with Gasteiger partial charge in [-0.3, -0.25) is 14.9 Å². The maximum Gasteiger partial charge on any atom is 0.311 e. The first-order valence-electron chi connectivity index (χ1n) is 7.13. The molecule has 1 aromatic rings. The minimum atomic E-state index is -0.532. The maximum atomic E-state index is 11.9. The number of benzene rings is 1. The average molecular weight is 293 g/mol. The van der Waals surface area contributed by atoms with Crippen LogP contribution in [0, 0.1) is 16.0 Å². The van der Waals surface area contributed by atoms with Crippen LogP contribution in [0.4, 0.5) is 5.69 Å². The highest BCUT2D eigenvalue weighted by Crippen LogP contribution is 2.32. The van der Waals surface area contributed by atoms with Gasteiger partial charge in [0.05, 0.1) is 18.1 Å². The second-order valence-electron chi connectivity index (χ2n) is 5.26. The molecule has 0 bridgehead atoms. The van der Waals surface area contributed by atoms with E-state index in [1.54, 1.807) is 0 Å². The Morgan fingerprint density at radius 1 is 1.33 bits per heavy atom. The number of esters is 1. The average Bonchev–Trinajstić information content (AvgIpc) is 2.98. The summed E-state index contributed by atoms with van der Waals surface area (Å²) in [5.41, 5.74) is -0.130. The molecule has 1 aliphatic rings. The van der Waals surface area contributed by atoms with Crippen molar-refractivity contribution in [3.63, 3.8) is 0 Å². The van der Waals surface area contributed by atoms with Crippen molar-refractivity contribution in [2.24, 2.45) is 5.92 Å². The van der Waals surface area contributed by atoms with Gasteiger partial charge in [0.25, 0.3) is 5.69 Å². The predicted molar refractivity (Wildman–Crippen MR) is 76.5 cm³/mol. The predicted octanol–water partition coefficient (Wildman–Crippen LogP) is 3.48. The second-order valence-corrected chi connectivity index (χ2v) is 5.26. The highest BCUT2D eigenvalue weighted by atomic mass is 16.6. The fourth-order valence-corrected chi connectivity index (χ4v) is 2.65. The Bertz CT molecular complexity index is 523. The molecule has 0 aliphatic heterocycles. The fourth-order valence-electron chi connectivity index (χ4n) is 2.65. The molecule has 0 N–H and O–H groups in total. The summed E-state index contributed by atoms with van der Waals surface area (Å²) in [6.07, 6.45) is 5.96. The molecule has 0 aromatic heterocycles. The largest absolute Gasteiger partial charge is 0.493 e. The minimum Gasteiger partial charge on any atom is -0.493 e. The maximum absolute atomic E-state index is 11.9. The molecule has 0 saturated heterocycles. The zero-order valence-electron chi connectivity index (χ0n) is 12.0. The summed E-state index contributed by atoms with van der Waals surface area (Å²) in [5, 5.41) is 10.8. The summed E-state index contributed by atoms with van der Waals surface area (Å²) in [7, 11) is 1.43. The number of nitrogens with zero attached hydrogens (tertiary/aromatic N) is 1. The standard InChI is InChI=1S/C15H19NO5/c1-20-13-8-7-12(16(18)19)10-14(13)21-15(17)9-6-11-4-2-3-5-11/h7-8,10-11H,2-6,9H2,1H3. The Balaban J connectivity index is 1.97. The van der Waals surface area contributed by atoms with E-state index >= 15 is 0 Å². The molecular formula is C15H19NO5. The number of carbonyl (C=O) groups is 1. The van der Waals surface area contributed by atoms with Gasteiger partial charge in [0.1, 0.15) is 0 Å². The van der Waals surface area contributed by atoms with Crippen molar-refractivity contribution in [3.05, 3.63) is 28.3 Å². The van der Waals surface area contributed by atoms with Gasteiger partial charge < -0.3 is 9.47 Å². The van der Waals surface area contributed by atoms with Crippen LogP contribution in [0.15, 0.2) is 18.2 Å². The molecule has 1 aromatic carbocycles. The van der Waals surface area contributed by atoms with Gasteiger partial charge in [-0.05, 0) is 18.4 Å². The van der Waals surface area contributed by atoms with Crippen LogP contribution in [0.1, 0.15) is 38.5 Å². The first kappa shape index (κ1) is 15.3. The Morgan fingerprint density at radius 2 is 2.05 bits per heavy atom. The molecule has 0 radical (unpaired) electrons. The van der Waals surface area contributed by atoms with Gasteiger partial charge >= 0.3 is 5.97 Å². The van der Waals surface area contributed by atoms with Crippen LogP contribution in [-0.2, 0) is 4.79 Å². The molecule has 0 atom stereocenters. The summed E-state index contributed by atoms with van der Waals surface area (Å²) >= 11 is 0. The van der Waals surface area contributed by atoms with Gasteiger partial charge in [-0.1, -0.05) is 25.7 Å². The molecule has 21 heavy (non-hydrogen) atoms. The third kappa shape index (κ3) is 4.18. The van der Waals surface area contributed by atoms with E-state index in [9.17, 15) is 14.9 Å². The van der Waals surface area contributed by atoms with Gasteiger partial charge in [-0.2, -0.15) is 0 Å². The van der Waals surface area contributed by atoms with Crippen LogP contribution < -0.4 is 9.47 Å². The molecule has 1 aliphatic carbocycles. The molecule has 1 saturated carbocycles. The van der Waals surface area contributed by atoms with Gasteiger partial charge in [0.2, 0.25) is 0 Å². The van der Waals surface area contributed by atoms with E-state index in [2.05, 4.69) is 0 Å². The molecular weight excluding hydrogens is 274 g/mol. The zero-order chi connectivity index (χ0) is 15.2.